The second kappa shape index (κ2) is 5.26. The molecule has 4 nitrogen and oxygen atoms in total. The van der Waals surface area contributed by atoms with Crippen molar-refractivity contribution < 1.29 is 14.2 Å². The van der Waals surface area contributed by atoms with Gasteiger partial charge in [0.15, 0.2) is 0 Å². The lowest BCUT2D eigenvalue weighted by Crippen LogP contribution is -2.48. The van der Waals surface area contributed by atoms with E-state index < -0.39 is 0 Å². The van der Waals surface area contributed by atoms with E-state index in [0.717, 1.165) is 49.2 Å². The first-order chi connectivity index (χ1) is 9.65. The first kappa shape index (κ1) is 13.7. The third kappa shape index (κ3) is 2.38. The Morgan fingerprint density at radius 1 is 1.30 bits per heavy atom. The van der Waals surface area contributed by atoms with Crippen LogP contribution in [-0.4, -0.2) is 25.9 Å². The minimum Gasteiger partial charge on any atom is -0.497 e. The van der Waals surface area contributed by atoms with Crippen LogP contribution in [0.5, 0.6) is 11.5 Å². The average molecular weight is 277 g/mol. The molecule has 1 fully saturated rings. The summed E-state index contributed by atoms with van der Waals surface area (Å²) in [7, 11) is 3.45. The average Bonchev–Trinajstić information content (AvgIpc) is 2.46. The Bertz CT molecular complexity index is 491. The van der Waals surface area contributed by atoms with E-state index in [1.807, 2.05) is 18.2 Å². The van der Waals surface area contributed by atoms with Crippen LogP contribution in [0, 0.1) is 0 Å². The van der Waals surface area contributed by atoms with Crippen LogP contribution < -0.4 is 15.2 Å². The van der Waals surface area contributed by atoms with Gasteiger partial charge in [0.05, 0.1) is 13.2 Å². The van der Waals surface area contributed by atoms with Gasteiger partial charge >= 0.3 is 0 Å². The maximum atomic E-state index is 6.37. The fourth-order valence-electron chi connectivity index (χ4n) is 3.57. The van der Waals surface area contributed by atoms with E-state index in [2.05, 4.69) is 0 Å². The number of ether oxygens (including phenoxy) is 3. The monoisotopic (exact) mass is 277 g/mol. The molecule has 0 aromatic heterocycles. The van der Waals surface area contributed by atoms with Crippen molar-refractivity contribution in [3.63, 3.8) is 0 Å². The van der Waals surface area contributed by atoms with E-state index >= 15 is 0 Å². The summed E-state index contributed by atoms with van der Waals surface area (Å²) in [6.45, 7) is 0. The van der Waals surface area contributed by atoms with Gasteiger partial charge in [-0.3, -0.25) is 0 Å². The Morgan fingerprint density at radius 2 is 2.15 bits per heavy atom. The van der Waals surface area contributed by atoms with Gasteiger partial charge in [0.25, 0.3) is 0 Å². The fourth-order valence-corrected chi connectivity index (χ4v) is 3.57. The van der Waals surface area contributed by atoms with E-state index in [4.69, 9.17) is 19.9 Å². The summed E-state index contributed by atoms with van der Waals surface area (Å²) in [5, 5.41) is 0. The van der Waals surface area contributed by atoms with E-state index in [0.29, 0.717) is 0 Å². The summed E-state index contributed by atoms with van der Waals surface area (Å²) in [6.07, 6.45) is 5.37. The van der Waals surface area contributed by atoms with Crippen LogP contribution in [-0.2, 0) is 4.74 Å². The van der Waals surface area contributed by atoms with Crippen LogP contribution in [0.25, 0.3) is 0 Å². The van der Waals surface area contributed by atoms with Crippen molar-refractivity contribution >= 4 is 0 Å². The van der Waals surface area contributed by atoms with Gasteiger partial charge in [-0.05, 0) is 25.3 Å². The molecule has 1 aliphatic heterocycles. The molecule has 1 aromatic rings. The van der Waals surface area contributed by atoms with Crippen molar-refractivity contribution in [3.05, 3.63) is 23.8 Å². The molecule has 1 aromatic carbocycles. The smallest absolute Gasteiger partial charge is 0.128 e. The Morgan fingerprint density at radius 3 is 2.90 bits per heavy atom. The van der Waals surface area contributed by atoms with Crippen LogP contribution >= 0.6 is 0 Å². The minimum atomic E-state index is -0.169. The number of methoxy groups -OCH3 is 2. The van der Waals surface area contributed by atoms with Crippen LogP contribution in [0.4, 0.5) is 0 Å². The molecule has 20 heavy (non-hydrogen) atoms. The zero-order valence-electron chi connectivity index (χ0n) is 12.2. The molecular weight excluding hydrogens is 254 g/mol. The number of nitrogens with two attached hydrogens (primary N) is 1. The van der Waals surface area contributed by atoms with Gasteiger partial charge in [-0.2, -0.15) is 0 Å². The maximum absolute atomic E-state index is 6.37. The number of benzene rings is 1. The van der Waals surface area contributed by atoms with Crippen molar-refractivity contribution in [2.24, 2.45) is 5.73 Å². The number of hydrogen-bond acceptors (Lipinski definition) is 4. The Balaban J connectivity index is 1.90. The molecule has 3 unspecified atom stereocenters. The predicted octanol–water partition coefficient (Wildman–Crippen LogP) is 2.81. The SMILES string of the molecule is COc1ccc2c(c1)OC1(CCCC(OC)C1)CC2N. The van der Waals surface area contributed by atoms with Crippen molar-refractivity contribution in [1.29, 1.82) is 0 Å². The molecule has 1 aliphatic carbocycles. The highest BCUT2D eigenvalue weighted by Crippen LogP contribution is 2.46. The van der Waals surface area contributed by atoms with Crippen molar-refractivity contribution in [2.75, 3.05) is 14.2 Å². The normalized spacial score (nSPS) is 32.5. The lowest BCUT2D eigenvalue weighted by molar-refractivity contribution is -0.0578. The summed E-state index contributed by atoms with van der Waals surface area (Å²) in [6, 6.07) is 5.94. The minimum absolute atomic E-state index is 0.0280. The van der Waals surface area contributed by atoms with Crippen molar-refractivity contribution in [2.45, 2.75) is 49.9 Å². The molecule has 0 bridgehead atoms. The number of rotatable bonds is 2. The Labute approximate surface area is 120 Å². The summed E-state index contributed by atoms with van der Waals surface area (Å²) in [4.78, 5) is 0. The van der Waals surface area contributed by atoms with E-state index in [1.54, 1.807) is 14.2 Å². The molecule has 2 N–H and O–H groups in total. The van der Waals surface area contributed by atoms with Gasteiger partial charge in [0.1, 0.15) is 17.1 Å². The summed E-state index contributed by atoms with van der Waals surface area (Å²) in [5.74, 6) is 1.69. The second-order valence-corrected chi connectivity index (χ2v) is 5.95. The van der Waals surface area contributed by atoms with Crippen molar-refractivity contribution in [3.8, 4) is 11.5 Å². The molecule has 4 heteroatoms. The van der Waals surface area contributed by atoms with E-state index in [1.165, 1.54) is 0 Å². The van der Waals surface area contributed by atoms with E-state index in [-0.39, 0.29) is 17.7 Å². The first-order valence-corrected chi connectivity index (χ1v) is 7.31. The van der Waals surface area contributed by atoms with Crippen LogP contribution in [0.15, 0.2) is 18.2 Å². The molecule has 2 aliphatic rings. The van der Waals surface area contributed by atoms with Gasteiger partial charge in [-0.25, -0.2) is 0 Å². The summed E-state index contributed by atoms with van der Waals surface area (Å²) < 4.78 is 17.2. The molecule has 0 amide bonds. The number of fused-ring (bicyclic) bond motifs is 1. The van der Waals surface area contributed by atoms with Gasteiger partial charge in [-0.1, -0.05) is 6.07 Å². The van der Waals surface area contributed by atoms with Gasteiger partial charge in [-0.15, -0.1) is 0 Å². The highest BCUT2D eigenvalue weighted by Gasteiger charge is 2.43. The maximum Gasteiger partial charge on any atom is 0.128 e. The predicted molar refractivity (Wildman–Crippen MR) is 77.2 cm³/mol. The molecule has 1 spiro atoms. The Kier molecular flexibility index (Phi) is 3.61. The first-order valence-electron chi connectivity index (χ1n) is 7.31. The highest BCUT2D eigenvalue weighted by molar-refractivity contribution is 5.44. The zero-order chi connectivity index (χ0) is 14.2. The van der Waals surface area contributed by atoms with Gasteiger partial charge in [0, 0.05) is 37.6 Å². The molecule has 1 heterocycles. The third-order valence-electron chi connectivity index (χ3n) is 4.63. The molecule has 3 rings (SSSR count). The summed E-state index contributed by atoms with van der Waals surface area (Å²) in [5.41, 5.74) is 7.28. The van der Waals surface area contributed by atoms with Crippen LogP contribution in [0.1, 0.15) is 43.7 Å². The van der Waals surface area contributed by atoms with Crippen LogP contribution in [0.2, 0.25) is 0 Å². The molecule has 3 atom stereocenters. The van der Waals surface area contributed by atoms with E-state index in [9.17, 15) is 0 Å². The van der Waals surface area contributed by atoms with Crippen LogP contribution in [0.3, 0.4) is 0 Å². The standard InChI is InChI=1S/C16H23NO3/c1-18-11-5-6-13-14(17)10-16(20-15(13)8-11)7-3-4-12(9-16)19-2/h5-6,8,12,14H,3-4,7,9-10,17H2,1-2H3. The topological polar surface area (TPSA) is 53.7 Å². The zero-order valence-corrected chi connectivity index (χ0v) is 12.2. The lowest BCUT2D eigenvalue weighted by Gasteiger charge is -2.45. The molecule has 0 saturated heterocycles. The lowest BCUT2D eigenvalue weighted by atomic mass is 9.76. The second-order valence-electron chi connectivity index (χ2n) is 5.95. The van der Waals surface area contributed by atoms with Gasteiger partial charge in [0.2, 0.25) is 0 Å². The molecule has 1 saturated carbocycles. The third-order valence-corrected chi connectivity index (χ3v) is 4.63. The quantitative estimate of drug-likeness (QED) is 0.903. The largest absolute Gasteiger partial charge is 0.497 e. The molecule has 0 radical (unpaired) electrons. The number of hydrogen-bond donors (Lipinski definition) is 1. The van der Waals surface area contributed by atoms with Crippen molar-refractivity contribution in [1.82, 2.24) is 0 Å². The highest BCUT2D eigenvalue weighted by atomic mass is 16.5. The van der Waals surface area contributed by atoms with Gasteiger partial charge < -0.3 is 19.9 Å². The summed E-state index contributed by atoms with van der Waals surface area (Å²) >= 11 is 0. The Hall–Kier alpha value is -1.26. The molecule has 110 valence electrons. The fraction of sp³-hybridized carbons (Fsp3) is 0.625. The molecular formula is C16H23NO3.